The molecule has 2 N–H and O–H groups in total. The molecule has 0 saturated carbocycles. The van der Waals surface area contributed by atoms with E-state index in [0.29, 0.717) is 25.2 Å². The number of methoxy groups -OCH3 is 1. The lowest BCUT2D eigenvalue weighted by Crippen LogP contribution is -2.45. The molecule has 0 spiro atoms. The molecule has 0 aliphatic heterocycles. The number of aliphatic imine (C=N–C) groups is 1. The first kappa shape index (κ1) is 22.4. The van der Waals surface area contributed by atoms with Crippen LogP contribution in [0.15, 0.2) is 4.99 Å². The van der Waals surface area contributed by atoms with Gasteiger partial charge in [-0.3, -0.25) is 14.6 Å². The van der Waals surface area contributed by atoms with E-state index in [2.05, 4.69) is 60.2 Å². The Kier molecular flexibility index (Phi) is 9.65. The zero-order valence-electron chi connectivity index (χ0n) is 17.9. The Morgan fingerprint density at radius 1 is 1.19 bits per heavy atom. The van der Waals surface area contributed by atoms with Crippen molar-refractivity contribution in [2.24, 2.45) is 4.99 Å². The SMILES string of the molecule is CN=C(NCCN(C(C)C)C(C)C)NCc1c(C)nn(CCOC)c1C. The van der Waals surface area contributed by atoms with Gasteiger partial charge in [0.2, 0.25) is 0 Å². The fourth-order valence-electron chi connectivity index (χ4n) is 3.19. The number of ether oxygens (including phenoxy) is 1. The molecule has 1 aromatic heterocycles. The molecule has 0 saturated heterocycles. The minimum atomic E-state index is 0.537. The van der Waals surface area contributed by atoms with Gasteiger partial charge in [0.1, 0.15) is 0 Å². The average molecular weight is 367 g/mol. The third-order valence-corrected chi connectivity index (χ3v) is 4.68. The molecule has 0 fully saturated rings. The van der Waals surface area contributed by atoms with Gasteiger partial charge >= 0.3 is 0 Å². The minimum Gasteiger partial charge on any atom is -0.383 e. The molecule has 0 unspecified atom stereocenters. The van der Waals surface area contributed by atoms with Crippen LogP contribution in [0.25, 0.3) is 0 Å². The lowest BCUT2D eigenvalue weighted by atomic mass is 10.2. The van der Waals surface area contributed by atoms with Crippen molar-refractivity contribution >= 4 is 5.96 Å². The van der Waals surface area contributed by atoms with E-state index in [0.717, 1.165) is 31.3 Å². The molecule has 0 radical (unpaired) electrons. The van der Waals surface area contributed by atoms with E-state index in [-0.39, 0.29) is 0 Å². The second-order valence-electron chi connectivity index (χ2n) is 7.14. The van der Waals surface area contributed by atoms with Crippen LogP contribution in [0.4, 0.5) is 0 Å². The maximum absolute atomic E-state index is 5.15. The smallest absolute Gasteiger partial charge is 0.191 e. The molecule has 0 aliphatic carbocycles. The highest BCUT2D eigenvalue weighted by Crippen LogP contribution is 2.12. The highest BCUT2D eigenvalue weighted by molar-refractivity contribution is 5.79. The fourth-order valence-corrected chi connectivity index (χ4v) is 3.19. The molecule has 26 heavy (non-hydrogen) atoms. The molecule has 0 aliphatic rings. The number of rotatable bonds is 10. The first-order chi connectivity index (χ1) is 12.3. The largest absolute Gasteiger partial charge is 0.383 e. The maximum atomic E-state index is 5.15. The molecule has 7 nitrogen and oxygen atoms in total. The predicted molar refractivity (Wildman–Crippen MR) is 109 cm³/mol. The molecule has 7 heteroatoms. The summed E-state index contributed by atoms with van der Waals surface area (Å²) in [5, 5.41) is 11.4. The Labute approximate surface area is 159 Å². The lowest BCUT2D eigenvalue weighted by molar-refractivity contribution is 0.178. The van der Waals surface area contributed by atoms with Crippen LogP contribution < -0.4 is 10.6 Å². The molecule has 1 heterocycles. The first-order valence-corrected chi connectivity index (χ1v) is 9.53. The molecule has 0 amide bonds. The zero-order chi connectivity index (χ0) is 19.7. The van der Waals surface area contributed by atoms with Crippen LogP contribution in [0.2, 0.25) is 0 Å². The zero-order valence-corrected chi connectivity index (χ0v) is 17.9. The van der Waals surface area contributed by atoms with Crippen LogP contribution in [0, 0.1) is 13.8 Å². The highest BCUT2D eigenvalue weighted by atomic mass is 16.5. The third-order valence-electron chi connectivity index (χ3n) is 4.68. The van der Waals surface area contributed by atoms with Crippen LogP contribution in [-0.2, 0) is 17.8 Å². The predicted octanol–water partition coefficient (Wildman–Crippen LogP) is 1.93. The van der Waals surface area contributed by atoms with E-state index in [1.54, 1.807) is 14.2 Å². The van der Waals surface area contributed by atoms with E-state index in [1.807, 2.05) is 11.6 Å². The quantitative estimate of drug-likeness (QED) is 0.489. The molecular weight excluding hydrogens is 328 g/mol. The second kappa shape index (κ2) is 11.2. The van der Waals surface area contributed by atoms with Gasteiger partial charge in [-0.2, -0.15) is 5.10 Å². The Morgan fingerprint density at radius 2 is 1.85 bits per heavy atom. The summed E-state index contributed by atoms with van der Waals surface area (Å²) in [5.41, 5.74) is 3.44. The number of aryl methyl sites for hydroxylation is 1. The Bertz CT molecular complexity index is 557. The normalized spacial score (nSPS) is 12.5. The Balaban J connectivity index is 2.56. The van der Waals surface area contributed by atoms with Crippen LogP contribution >= 0.6 is 0 Å². The van der Waals surface area contributed by atoms with Crippen molar-refractivity contribution in [1.29, 1.82) is 0 Å². The third kappa shape index (κ3) is 6.61. The molecule has 1 rings (SSSR count). The number of nitrogens with zero attached hydrogens (tertiary/aromatic N) is 4. The van der Waals surface area contributed by atoms with Crippen molar-refractivity contribution in [3.8, 4) is 0 Å². The van der Waals surface area contributed by atoms with E-state index in [9.17, 15) is 0 Å². The molecule has 0 atom stereocenters. The van der Waals surface area contributed by atoms with Gasteiger partial charge in [-0.05, 0) is 41.5 Å². The van der Waals surface area contributed by atoms with Crippen LogP contribution in [0.3, 0.4) is 0 Å². The lowest BCUT2D eigenvalue weighted by Gasteiger charge is -2.30. The summed E-state index contributed by atoms with van der Waals surface area (Å²) < 4.78 is 7.16. The van der Waals surface area contributed by atoms with Crippen molar-refractivity contribution in [2.75, 3.05) is 33.9 Å². The van der Waals surface area contributed by atoms with Gasteiger partial charge in [-0.1, -0.05) is 0 Å². The van der Waals surface area contributed by atoms with Gasteiger partial charge in [-0.15, -0.1) is 0 Å². The van der Waals surface area contributed by atoms with Gasteiger partial charge < -0.3 is 15.4 Å². The fraction of sp³-hybridized carbons (Fsp3) is 0.789. The number of hydrogen-bond acceptors (Lipinski definition) is 4. The summed E-state index contributed by atoms with van der Waals surface area (Å²) in [6.07, 6.45) is 0. The summed E-state index contributed by atoms with van der Waals surface area (Å²) >= 11 is 0. The summed E-state index contributed by atoms with van der Waals surface area (Å²) in [6.45, 7) is 17.1. The van der Waals surface area contributed by atoms with E-state index < -0.39 is 0 Å². The molecule has 1 aromatic rings. The summed E-state index contributed by atoms with van der Waals surface area (Å²) in [4.78, 5) is 6.80. The van der Waals surface area contributed by atoms with E-state index >= 15 is 0 Å². The molecule has 150 valence electrons. The molecule has 0 aromatic carbocycles. The van der Waals surface area contributed by atoms with Crippen LogP contribution in [0.1, 0.15) is 44.6 Å². The van der Waals surface area contributed by atoms with E-state index in [1.165, 1.54) is 11.3 Å². The standard InChI is InChI=1S/C19H38N6O/c1-14(2)24(15(3)4)10-9-21-19(20-7)22-13-18-16(5)23-25(17(18)6)11-12-26-8/h14-15H,9-13H2,1-8H3,(H2,20,21,22). The average Bonchev–Trinajstić information content (AvgIpc) is 2.85. The number of aromatic nitrogens is 2. The van der Waals surface area contributed by atoms with Gasteiger partial charge in [0.15, 0.2) is 5.96 Å². The molecule has 0 bridgehead atoms. The van der Waals surface area contributed by atoms with Crippen molar-refractivity contribution in [1.82, 2.24) is 25.3 Å². The Hall–Kier alpha value is -1.60. The second-order valence-corrected chi connectivity index (χ2v) is 7.14. The monoisotopic (exact) mass is 366 g/mol. The van der Waals surface area contributed by atoms with Crippen molar-refractivity contribution in [3.63, 3.8) is 0 Å². The van der Waals surface area contributed by atoms with Crippen molar-refractivity contribution in [2.45, 2.75) is 66.7 Å². The van der Waals surface area contributed by atoms with Gasteiger partial charge in [0.25, 0.3) is 0 Å². The van der Waals surface area contributed by atoms with Gasteiger partial charge in [0, 0.05) is 57.1 Å². The topological polar surface area (TPSA) is 66.7 Å². The van der Waals surface area contributed by atoms with E-state index in [4.69, 9.17) is 4.74 Å². The number of nitrogens with one attached hydrogen (secondary N) is 2. The maximum Gasteiger partial charge on any atom is 0.191 e. The summed E-state index contributed by atoms with van der Waals surface area (Å²) in [6, 6.07) is 1.07. The van der Waals surface area contributed by atoms with Crippen LogP contribution in [0.5, 0.6) is 0 Å². The van der Waals surface area contributed by atoms with Crippen molar-refractivity contribution in [3.05, 3.63) is 17.0 Å². The first-order valence-electron chi connectivity index (χ1n) is 9.53. The highest BCUT2D eigenvalue weighted by Gasteiger charge is 2.14. The van der Waals surface area contributed by atoms with Gasteiger partial charge in [0.05, 0.1) is 18.8 Å². The van der Waals surface area contributed by atoms with Gasteiger partial charge in [-0.25, -0.2) is 0 Å². The van der Waals surface area contributed by atoms with Crippen molar-refractivity contribution < 1.29 is 4.74 Å². The number of guanidine groups is 1. The summed E-state index contributed by atoms with van der Waals surface area (Å²) in [7, 11) is 3.52. The van der Waals surface area contributed by atoms with Crippen LogP contribution in [-0.4, -0.2) is 66.6 Å². The minimum absolute atomic E-state index is 0.537. The molecular formula is C19H38N6O. The Morgan fingerprint density at radius 3 is 2.38 bits per heavy atom. The number of hydrogen-bond donors (Lipinski definition) is 2. The summed E-state index contributed by atoms with van der Waals surface area (Å²) in [5.74, 6) is 0.820.